The van der Waals surface area contributed by atoms with E-state index in [4.69, 9.17) is 10.8 Å². The summed E-state index contributed by atoms with van der Waals surface area (Å²) in [6, 6.07) is -0.698. The topological polar surface area (TPSA) is 63.3 Å². The van der Waals surface area contributed by atoms with E-state index in [1.54, 1.807) is 11.8 Å². The fourth-order valence-corrected chi connectivity index (χ4v) is 1.28. The number of hydrogen-bond acceptors (Lipinski definition) is 3. The van der Waals surface area contributed by atoms with Crippen LogP contribution in [0.3, 0.4) is 0 Å². The molecule has 0 bridgehead atoms. The third kappa shape index (κ3) is 8.04. The van der Waals surface area contributed by atoms with Crippen molar-refractivity contribution in [2.75, 3.05) is 11.5 Å². The van der Waals surface area contributed by atoms with Gasteiger partial charge in [0.2, 0.25) is 0 Å². The SMILES string of the molecule is BCCSC[C@H](N)C(=O)O.Cl. The number of hydrogen-bond donors (Lipinski definition) is 2. The normalized spacial score (nSPS) is 11.7. The maximum absolute atomic E-state index is 10.2. The van der Waals surface area contributed by atoms with Gasteiger partial charge in [-0.1, -0.05) is 6.32 Å². The molecule has 0 aliphatic heterocycles. The van der Waals surface area contributed by atoms with Gasteiger partial charge in [0.15, 0.2) is 0 Å². The minimum atomic E-state index is -0.913. The van der Waals surface area contributed by atoms with Gasteiger partial charge in [0.1, 0.15) is 13.9 Å². The number of halogens is 1. The van der Waals surface area contributed by atoms with Crippen LogP contribution in [0.4, 0.5) is 0 Å². The van der Waals surface area contributed by atoms with E-state index in [0.29, 0.717) is 5.75 Å². The van der Waals surface area contributed by atoms with Gasteiger partial charge in [-0.05, 0) is 5.75 Å². The van der Waals surface area contributed by atoms with Crippen LogP contribution in [0.2, 0.25) is 6.32 Å². The smallest absolute Gasteiger partial charge is 0.321 e. The molecule has 3 N–H and O–H groups in total. The molecule has 0 saturated heterocycles. The molecular weight excluding hydrogens is 184 g/mol. The minimum Gasteiger partial charge on any atom is -0.480 e. The molecule has 0 aliphatic rings. The molecule has 0 radical (unpaired) electrons. The summed E-state index contributed by atoms with van der Waals surface area (Å²) in [7, 11) is 2.05. The average molecular weight is 197 g/mol. The second-order valence-corrected chi connectivity index (χ2v) is 3.17. The zero-order chi connectivity index (χ0) is 7.98. The molecule has 0 aromatic rings. The average Bonchev–Trinajstić information content (AvgIpc) is 1.88. The quantitative estimate of drug-likeness (QED) is 0.465. The predicted octanol–water partition coefficient (Wildman–Crippen LogP) is -0.395. The second-order valence-electron chi connectivity index (χ2n) is 2.02. The maximum atomic E-state index is 10.2. The minimum absolute atomic E-state index is 0. The number of carbonyl (C=O) groups is 1. The van der Waals surface area contributed by atoms with Crippen LogP contribution in [0.5, 0.6) is 0 Å². The van der Waals surface area contributed by atoms with Crippen molar-refractivity contribution in [2.45, 2.75) is 12.4 Å². The van der Waals surface area contributed by atoms with Gasteiger partial charge < -0.3 is 10.8 Å². The molecule has 0 saturated carbocycles. The molecule has 1 atom stereocenters. The third-order valence-electron chi connectivity index (χ3n) is 0.963. The molecule has 0 aromatic carbocycles. The first-order chi connectivity index (χ1) is 4.68. The van der Waals surface area contributed by atoms with Crippen LogP contribution < -0.4 is 5.73 Å². The molecule has 0 aromatic heterocycles. The summed E-state index contributed by atoms with van der Waals surface area (Å²) >= 11 is 1.58. The molecule has 66 valence electrons. The Morgan fingerprint density at radius 3 is 2.64 bits per heavy atom. The van der Waals surface area contributed by atoms with Gasteiger partial charge in [-0.3, -0.25) is 4.79 Å². The fourth-order valence-electron chi connectivity index (χ4n) is 0.426. The summed E-state index contributed by atoms with van der Waals surface area (Å²) in [6.07, 6.45) is 1.07. The van der Waals surface area contributed by atoms with E-state index in [-0.39, 0.29) is 12.4 Å². The summed E-state index contributed by atoms with van der Waals surface area (Å²) in [5.74, 6) is 0.591. The van der Waals surface area contributed by atoms with E-state index < -0.39 is 12.0 Å². The molecule has 0 fully saturated rings. The zero-order valence-corrected chi connectivity index (χ0v) is 8.08. The van der Waals surface area contributed by atoms with E-state index in [1.165, 1.54) is 0 Å². The Labute approximate surface area is 77.9 Å². The van der Waals surface area contributed by atoms with Gasteiger partial charge in [0.05, 0.1) is 0 Å². The fraction of sp³-hybridized carbons (Fsp3) is 0.800. The molecule has 0 aliphatic carbocycles. The van der Waals surface area contributed by atoms with Crippen molar-refractivity contribution in [3.8, 4) is 0 Å². The maximum Gasteiger partial charge on any atom is 0.321 e. The van der Waals surface area contributed by atoms with Crippen molar-refractivity contribution in [3.05, 3.63) is 0 Å². The molecule has 0 amide bonds. The summed E-state index contributed by atoms with van der Waals surface area (Å²) in [6.45, 7) is 0. The third-order valence-corrected chi connectivity index (χ3v) is 2.25. The highest BCUT2D eigenvalue weighted by molar-refractivity contribution is 7.99. The van der Waals surface area contributed by atoms with Crippen molar-refractivity contribution in [1.82, 2.24) is 0 Å². The molecule has 6 heteroatoms. The first kappa shape index (κ1) is 13.7. The molecule has 0 heterocycles. The van der Waals surface area contributed by atoms with Crippen molar-refractivity contribution in [1.29, 1.82) is 0 Å². The van der Waals surface area contributed by atoms with Crippen molar-refractivity contribution >= 4 is 38.0 Å². The van der Waals surface area contributed by atoms with Crippen LogP contribution in [0.15, 0.2) is 0 Å². The molecule has 0 spiro atoms. The highest BCUT2D eigenvalue weighted by Gasteiger charge is 2.09. The van der Waals surface area contributed by atoms with E-state index in [9.17, 15) is 4.79 Å². The number of nitrogens with two attached hydrogens (primary N) is 1. The van der Waals surface area contributed by atoms with Crippen LogP contribution >= 0.6 is 24.2 Å². The predicted molar refractivity (Wildman–Crippen MR) is 53.5 cm³/mol. The summed E-state index contributed by atoms with van der Waals surface area (Å²) in [5, 5.41) is 8.34. The van der Waals surface area contributed by atoms with Crippen LogP contribution in [-0.4, -0.2) is 36.5 Å². The standard InChI is InChI=1S/C5H12BNO2S.ClH/c6-1-2-10-3-4(7)5(8)9;/h4H,1-3,6-7H2,(H,8,9);1H/t4-;/m0./s1. The number of thioether (sulfide) groups is 1. The van der Waals surface area contributed by atoms with Crippen molar-refractivity contribution < 1.29 is 9.90 Å². The van der Waals surface area contributed by atoms with Gasteiger partial charge in [0.25, 0.3) is 0 Å². The molecule has 3 nitrogen and oxygen atoms in total. The Hall–Kier alpha value is 0.135. The number of rotatable bonds is 5. The highest BCUT2D eigenvalue weighted by atomic mass is 35.5. The van der Waals surface area contributed by atoms with Crippen molar-refractivity contribution in [2.24, 2.45) is 5.73 Å². The largest absolute Gasteiger partial charge is 0.480 e. The first-order valence-electron chi connectivity index (χ1n) is 3.24. The summed E-state index contributed by atoms with van der Waals surface area (Å²) in [4.78, 5) is 10.2. The van der Waals surface area contributed by atoms with Gasteiger partial charge in [0, 0.05) is 5.75 Å². The Bertz CT molecular complexity index is 117. The lowest BCUT2D eigenvalue weighted by Gasteiger charge is -2.03. The Kier molecular flexibility index (Phi) is 10.3. The van der Waals surface area contributed by atoms with Gasteiger partial charge in [-0.25, -0.2) is 0 Å². The van der Waals surface area contributed by atoms with Crippen LogP contribution in [-0.2, 0) is 4.79 Å². The van der Waals surface area contributed by atoms with Crippen LogP contribution in [0.25, 0.3) is 0 Å². The summed E-state index contributed by atoms with van der Waals surface area (Å²) < 4.78 is 0. The molecule has 11 heavy (non-hydrogen) atoms. The van der Waals surface area contributed by atoms with E-state index in [0.717, 1.165) is 12.1 Å². The first-order valence-corrected chi connectivity index (χ1v) is 4.40. The summed E-state index contributed by atoms with van der Waals surface area (Å²) in [5.41, 5.74) is 5.24. The molecule has 0 unspecified atom stereocenters. The van der Waals surface area contributed by atoms with Gasteiger partial charge >= 0.3 is 5.97 Å². The number of carboxylic acid groups (broad SMARTS) is 1. The van der Waals surface area contributed by atoms with E-state index in [1.807, 2.05) is 0 Å². The van der Waals surface area contributed by atoms with Crippen LogP contribution in [0, 0.1) is 0 Å². The van der Waals surface area contributed by atoms with Gasteiger partial charge in [-0.15, -0.1) is 12.4 Å². The Balaban J connectivity index is 0. The Morgan fingerprint density at radius 2 is 2.27 bits per heavy atom. The monoisotopic (exact) mass is 197 g/mol. The van der Waals surface area contributed by atoms with E-state index >= 15 is 0 Å². The van der Waals surface area contributed by atoms with Gasteiger partial charge in [-0.2, -0.15) is 11.8 Å². The Morgan fingerprint density at radius 1 is 1.73 bits per heavy atom. The zero-order valence-electron chi connectivity index (χ0n) is 6.45. The second kappa shape index (κ2) is 8.23. The van der Waals surface area contributed by atoms with Crippen LogP contribution in [0.1, 0.15) is 0 Å². The lowest BCUT2D eigenvalue weighted by molar-refractivity contribution is -0.137. The van der Waals surface area contributed by atoms with E-state index in [2.05, 4.69) is 7.85 Å². The van der Waals surface area contributed by atoms with Crippen molar-refractivity contribution in [3.63, 3.8) is 0 Å². The number of carboxylic acids is 1. The lowest BCUT2D eigenvalue weighted by Crippen LogP contribution is -2.32. The number of aliphatic carboxylic acids is 1. The molecular formula is C5H13BClNO2S. The molecule has 0 rings (SSSR count). The highest BCUT2D eigenvalue weighted by Crippen LogP contribution is 2.02. The lowest BCUT2D eigenvalue weighted by atomic mass is 10.1.